The van der Waals surface area contributed by atoms with E-state index in [4.69, 9.17) is 0 Å². The summed E-state index contributed by atoms with van der Waals surface area (Å²) < 4.78 is 0. The maximum atomic E-state index is 9.82. The molecule has 1 spiro atoms. The lowest BCUT2D eigenvalue weighted by molar-refractivity contribution is 0.169. The molecule has 2 unspecified atom stereocenters. The van der Waals surface area contributed by atoms with Crippen LogP contribution in [0.2, 0.25) is 0 Å². The zero-order valence-electron chi connectivity index (χ0n) is 17.5. The lowest BCUT2D eigenvalue weighted by Gasteiger charge is -2.45. The van der Waals surface area contributed by atoms with Gasteiger partial charge in [-0.15, -0.1) is 0 Å². The molecule has 4 aliphatic rings. The first-order valence-electron chi connectivity index (χ1n) is 11.1. The van der Waals surface area contributed by atoms with Crippen molar-refractivity contribution < 1.29 is 5.21 Å². The van der Waals surface area contributed by atoms with Crippen molar-refractivity contribution in [3.8, 4) is 0 Å². The van der Waals surface area contributed by atoms with Crippen LogP contribution in [0.5, 0.6) is 0 Å². The van der Waals surface area contributed by atoms with Gasteiger partial charge in [-0.1, -0.05) is 60.0 Å². The predicted octanol–water partition coefficient (Wildman–Crippen LogP) is 4.40. The quantitative estimate of drug-likeness (QED) is 0.446. The summed E-state index contributed by atoms with van der Waals surface area (Å²) in [5.41, 5.74) is 5.36. The fourth-order valence-corrected chi connectivity index (χ4v) is 5.54. The van der Waals surface area contributed by atoms with Crippen LogP contribution in [0.15, 0.2) is 52.3 Å². The summed E-state index contributed by atoms with van der Waals surface area (Å²) in [6.07, 6.45) is 19.1. The summed E-state index contributed by atoms with van der Waals surface area (Å²) in [4.78, 5) is 4.77. The van der Waals surface area contributed by atoms with Crippen molar-refractivity contribution in [2.45, 2.75) is 45.4 Å². The Morgan fingerprint density at radius 3 is 2.82 bits per heavy atom. The molecular formula is C24H35N3O. The topological polar surface area (TPSA) is 39.1 Å². The third-order valence-electron chi connectivity index (χ3n) is 7.35. The lowest BCUT2D eigenvalue weighted by Crippen LogP contribution is -2.46. The van der Waals surface area contributed by atoms with Crippen LogP contribution in [0.3, 0.4) is 0 Å². The Kier molecular flexibility index (Phi) is 5.88. The highest BCUT2D eigenvalue weighted by Crippen LogP contribution is 2.55. The van der Waals surface area contributed by atoms with Gasteiger partial charge >= 0.3 is 0 Å². The summed E-state index contributed by atoms with van der Waals surface area (Å²) in [5, 5.41) is 13.6. The fourth-order valence-electron chi connectivity index (χ4n) is 5.54. The molecule has 0 aromatic carbocycles. The van der Waals surface area contributed by atoms with Crippen molar-refractivity contribution >= 4 is 5.71 Å². The van der Waals surface area contributed by atoms with Gasteiger partial charge in [0.2, 0.25) is 0 Å². The predicted molar refractivity (Wildman–Crippen MR) is 116 cm³/mol. The fraction of sp³-hybridized carbons (Fsp3) is 0.625. The lowest BCUT2D eigenvalue weighted by atomic mass is 9.59. The summed E-state index contributed by atoms with van der Waals surface area (Å²) >= 11 is 0. The molecule has 0 aromatic heterocycles. The Bertz CT molecular complexity index is 737. The highest BCUT2D eigenvalue weighted by atomic mass is 16.4. The molecule has 1 heterocycles. The van der Waals surface area contributed by atoms with Crippen molar-refractivity contribution in [3.63, 3.8) is 0 Å². The van der Waals surface area contributed by atoms with Crippen LogP contribution in [0, 0.1) is 11.3 Å². The summed E-state index contributed by atoms with van der Waals surface area (Å²) in [5.74, 6) is 0.485. The molecular weight excluding hydrogens is 346 g/mol. The Balaban J connectivity index is 1.60. The second-order valence-corrected chi connectivity index (χ2v) is 8.97. The monoisotopic (exact) mass is 381 g/mol. The third kappa shape index (κ3) is 3.65. The van der Waals surface area contributed by atoms with E-state index in [2.05, 4.69) is 59.3 Å². The smallest absolute Gasteiger partial charge is 0.100 e. The summed E-state index contributed by atoms with van der Waals surface area (Å²) in [6, 6.07) is 0. The van der Waals surface area contributed by atoms with E-state index in [1.807, 2.05) is 0 Å². The minimum Gasteiger partial charge on any atom is -0.411 e. The van der Waals surface area contributed by atoms with Gasteiger partial charge in [-0.3, -0.25) is 4.90 Å². The van der Waals surface area contributed by atoms with Crippen LogP contribution in [0.4, 0.5) is 0 Å². The van der Waals surface area contributed by atoms with Crippen molar-refractivity contribution in [3.05, 3.63) is 47.1 Å². The van der Waals surface area contributed by atoms with Gasteiger partial charge in [0.15, 0.2) is 0 Å². The molecule has 28 heavy (non-hydrogen) atoms. The molecule has 2 atom stereocenters. The average molecular weight is 382 g/mol. The minimum atomic E-state index is 0.209. The van der Waals surface area contributed by atoms with Gasteiger partial charge in [-0.25, -0.2) is 0 Å². The first-order valence-corrected chi connectivity index (χ1v) is 11.1. The van der Waals surface area contributed by atoms with E-state index in [0.29, 0.717) is 5.92 Å². The zero-order valence-corrected chi connectivity index (χ0v) is 17.5. The van der Waals surface area contributed by atoms with Crippen LogP contribution < -0.4 is 0 Å². The highest BCUT2D eigenvalue weighted by Gasteiger charge is 2.43. The number of rotatable bonds is 4. The molecule has 1 aliphatic heterocycles. The van der Waals surface area contributed by atoms with Crippen LogP contribution >= 0.6 is 0 Å². The van der Waals surface area contributed by atoms with E-state index in [-0.39, 0.29) is 5.41 Å². The van der Waals surface area contributed by atoms with Gasteiger partial charge in [0.1, 0.15) is 5.71 Å². The second kappa shape index (κ2) is 8.38. The van der Waals surface area contributed by atoms with Crippen LogP contribution in [0.1, 0.15) is 45.4 Å². The molecule has 0 amide bonds. The van der Waals surface area contributed by atoms with E-state index < -0.39 is 0 Å². The average Bonchev–Trinajstić information content (AvgIpc) is 2.89. The van der Waals surface area contributed by atoms with Crippen molar-refractivity contribution in [2.75, 3.05) is 39.8 Å². The summed E-state index contributed by atoms with van der Waals surface area (Å²) in [7, 11) is 2.17. The number of hydrogen-bond acceptors (Lipinski definition) is 4. The highest BCUT2D eigenvalue weighted by molar-refractivity contribution is 6.04. The van der Waals surface area contributed by atoms with Gasteiger partial charge in [0.05, 0.1) is 0 Å². The Morgan fingerprint density at radius 1 is 1.25 bits per heavy atom. The molecule has 0 bridgehead atoms. The molecule has 1 saturated heterocycles. The van der Waals surface area contributed by atoms with Crippen molar-refractivity contribution in [1.29, 1.82) is 0 Å². The number of likely N-dealkylation sites (N-methyl/N-ethyl adjacent to an activating group) is 1. The number of nitrogens with zero attached hydrogens (tertiary/aromatic N) is 3. The maximum Gasteiger partial charge on any atom is 0.100 e. The zero-order chi connectivity index (χ0) is 19.6. The number of hydrogen-bond donors (Lipinski definition) is 1. The molecule has 4 heteroatoms. The maximum absolute atomic E-state index is 9.82. The van der Waals surface area contributed by atoms with Crippen molar-refractivity contribution in [2.24, 2.45) is 16.5 Å². The second-order valence-electron chi connectivity index (χ2n) is 8.97. The van der Waals surface area contributed by atoms with E-state index in [9.17, 15) is 5.21 Å². The van der Waals surface area contributed by atoms with Crippen LogP contribution in [-0.4, -0.2) is 60.5 Å². The molecule has 0 radical (unpaired) electrons. The van der Waals surface area contributed by atoms with E-state index in [1.54, 1.807) is 11.1 Å². The normalized spacial score (nSPS) is 32.0. The minimum absolute atomic E-state index is 0.209. The largest absolute Gasteiger partial charge is 0.411 e. The Labute approximate surface area is 170 Å². The summed E-state index contributed by atoms with van der Waals surface area (Å²) in [6.45, 7) is 7.27. The number of piperazine rings is 1. The number of oxime groups is 1. The molecule has 1 saturated carbocycles. The molecule has 2 fully saturated rings. The van der Waals surface area contributed by atoms with Crippen molar-refractivity contribution in [1.82, 2.24) is 9.80 Å². The number of allylic oxidation sites excluding steroid dienone is 7. The third-order valence-corrected chi connectivity index (χ3v) is 7.35. The van der Waals surface area contributed by atoms with Gasteiger partial charge in [0, 0.05) is 38.1 Å². The standard InChI is InChI=1S/C24H35N3O/c1-3-19-7-6-9-21-8-4-5-11-24(21)12-10-20(17-22(19)24)23(25-28)18-27-15-13-26(2)14-16-27/h6-7,9-10,17,19,28H,3-5,8,11-16,18H2,1-2H3/b25-23+. The molecule has 3 aliphatic carbocycles. The SMILES string of the molecule is CCC1C=CC=C2CCCCC23CC=C(/C(CN2CCN(C)CC2)=N/O)C=C13. The molecule has 4 nitrogen and oxygen atoms in total. The Morgan fingerprint density at radius 2 is 2.07 bits per heavy atom. The van der Waals surface area contributed by atoms with E-state index >= 15 is 0 Å². The van der Waals surface area contributed by atoms with Crippen LogP contribution in [-0.2, 0) is 0 Å². The molecule has 152 valence electrons. The van der Waals surface area contributed by atoms with E-state index in [0.717, 1.165) is 56.9 Å². The van der Waals surface area contributed by atoms with Crippen LogP contribution in [0.25, 0.3) is 0 Å². The first kappa shape index (κ1) is 19.7. The van der Waals surface area contributed by atoms with Gasteiger partial charge in [-0.2, -0.15) is 0 Å². The van der Waals surface area contributed by atoms with Gasteiger partial charge in [0.25, 0.3) is 0 Å². The Hall–Kier alpha value is -1.65. The molecule has 0 aromatic rings. The van der Waals surface area contributed by atoms with Gasteiger partial charge < -0.3 is 10.1 Å². The molecule has 1 N–H and O–H groups in total. The van der Waals surface area contributed by atoms with E-state index in [1.165, 1.54) is 25.7 Å². The molecule has 4 rings (SSSR count). The first-order chi connectivity index (χ1) is 13.7. The van der Waals surface area contributed by atoms with Gasteiger partial charge in [-0.05, 0) is 50.6 Å².